The molecular weight excluding hydrogens is 380 g/mol. The van der Waals surface area contributed by atoms with Crippen LogP contribution >= 0.6 is 12.2 Å². The molecule has 29 heavy (non-hydrogen) atoms. The van der Waals surface area contributed by atoms with Crippen LogP contribution in [0.2, 0.25) is 0 Å². The molecule has 0 atom stereocenters. The summed E-state index contributed by atoms with van der Waals surface area (Å²) in [5.74, 6) is -0.169. The second-order valence-electron chi connectivity index (χ2n) is 6.77. The maximum absolute atomic E-state index is 12.7. The summed E-state index contributed by atoms with van der Waals surface area (Å²) in [6, 6.07) is 18.0. The van der Waals surface area contributed by atoms with Crippen LogP contribution < -0.4 is 5.32 Å². The highest BCUT2D eigenvalue weighted by atomic mass is 32.1. The summed E-state index contributed by atoms with van der Waals surface area (Å²) in [5.41, 5.74) is 5.15. The molecule has 0 radical (unpaired) electrons. The molecule has 1 saturated heterocycles. The number of carbonyl (C=O) groups is 1. The molecule has 1 N–H and O–H groups in total. The molecule has 5 nitrogen and oxygen atoms in total. The first-order chi connectivity index (χ1) is 14.1. The van der Waals surface area contributed by atoms with E-state index in [0.29, 0.717) is 17.4 Å². The fraction of sp³-hybridized carbons (Fsp3) is 0.0870. The number of nitrogens with one attached hydrogen (secondary N) is 1. The Kier molecular flexibility index (Phi) is 5.10. The minimum absolute atomic E-state index is 0.169. The Balaban J connectivity index is 1.80. The van der Waals surface area contributed by atoms with Gasteiger partial charge in [-0.2, -0.15) is 5.10 Å². The summed E-state index contributed by atoms with van der Waals surface area (Å²) < 4.78 is 1.82. The van der Waals surface area contributed by atoms with Gasteiger partial charge >= 0.3 is 0 Å². The van der Waals surface area contributed by atoms with Crippen LogP contribution in [-0.2, 0) is 4.79 Å². The Labute approximate surface area is 175 Å². The van der Waals surface area contributed by atoms with Crippen molar-refractivity contribution in [1.82, 2.24) is 20.0 Å². The lowest BCUT2D eigenvalue weighted by atomic mass is 10.1. The molecule has 6 heteroatoms. The molecule has 1 aliphatic heterocycles. The molecule has 0 unspecified atom stereocenters. The van der Waals surface area contributed by atoms with Gasteiger partial charge in [-0.15, -0.1) is 6.58 Å². The molecule has 4 rings (SSSR count). The van der Waals surface area contributed by atoms with Crippen LogP contribution in [0.5, 0.6) is 0 Å². The van der Waals surface area contributed by atoms with E-state index in [1.807, 2.05) is 72.4 Å². The second kappa shape index (κ2) is 7.85. The number of aromatic nitrogens is 2. The molecule has 0 aliphatic carbocycles. The molecule has 2 aromatic carbocycles. The Hall–Kier alpha value is -3.51. The SMILES string of the molecule is C=CCN1C(=O)C(=Cc2cn(-c3ccccc3)nc2-c2ccc(C)cc2)NC1=S. The second-order valence-corrected chi connectivity index (χ2v) is 7.16. The number of amides is 1. The first-order valence-electron chi connectivity index (χ1n) is 9.24. The van der Waals surface area contributed by atoms with Crippen molar-refractivity contribution in [3.05, 3.63) is 90.3 Å². The molecule has 0 saturated carbocycles. The minimum atomic E-state index is -0.169. The van der Waals surface area contributed by atoms with E-state index in [1.54, 1.807) is 12.2 Å². The number of nitrogens with zero attached hydrogens (tertiary/aromatic N) is 3. The first-order valence-corrected chi connectivity index (χ1v) is 9.65. The van der Waals surface area contributed by atoms with Crippen molar-refractivity contribution < 1.29 is 4.79 Å². The van der Waals surface area contributed by atoms with Gasteiger partial charge in [0.05, 0.1) is 5.69 Å². The highest BCUT2D eigenvalue weighted by Gasteiger charge is 2.30. The van der Waals surface area contributed by atoms with Crippen LogP contribution in [0, 0.1) is 6.92 Å². The highest BCUT2D eigenvalue weighted by molar-refractivity contribution is 7.80. The van der Waals surface area contributed by atoms with Gasteiger partial charge < -0.3 is 5.32 Å². The number of hydrogen-bond donors (Lipinski definition) is 1. The minimum Gasteiger partial charge on any atom is -0.328 e. The highest BCUT2D eigenvalue weighted by Crippen LogP contribution is 2.27. The van der Waals surface area contributed by atoms with Gasteiger partial charge in [0.2, 0.25) is 0 Å². The van der Waals surface area contributed by atoms with Gasteiger partial charge in [0.15, 0.2) is 5.11 Å². The number of benzene rings is 2. The Morgan fingerprint density at radius 3 is 2.55 bits per heavy atom. The van der Waals surface area contributed by atoms with Crippen LogP contribution in [0.15, 0.2) is 79.1 Å². The van der Waals surface area contributed by atoms with Crippen molar-refractivity contribution in [2.24, 2.45) is 0 Å². The fourth-order valence-electron chi connectivity index (χ4n) is 3.16. The van der Waals surface area contributed by atoms with Crippen molar-refractivity contribution in [3.8, 4) is 16.9 Å². The van der Waals surface area contributed by atoms with Gasteiger partial charge in [-0.25, -0.2) is 4.68 Å². The van der Waals surface area contributed by atoms with Gasteiger partial charge in [-0.3, -0.25) is 9.69 Å². The zero-order chi connectivity index (χ0) is 20.4. The quantitative estimate of drug-likeness (QED) is 0.398. The zero-order valence-electron chi connectivity index (χ0n) is 16.0. The van der Waals surface area contributed by atoms with E-state index in [2.05, 4.69) is 11.9 Å². The maximum Gasteiger partial charge on any atom is 0.276 e. The van der Waals surface area contributed by atoms with Gasteiger partial charge in [0.25, 0.3) is 5.91 Å². The van der Waals surface area contributed by atoms with E-state index in [-0.39, 0.29) is 5.91 Å². The van der Waals surface area contributed by atoms with E-state index < -0.39 is 0 Å². The summed E-state index contributed by atoms with van der Waals surface area (Å²) in [5, 5.41) is 8.18. The Morgan fingerprint density at radius 2 is 1.86 bits per heavy atom. The van der Waals surface area contributed by atoms with E-state index >= 15 is 0 Å². The number of aryl methyl sites for hydroxylation is 1. The fourth-order valence-corrected chi connectivity index (χ4v) is 3.43. The standard InChI is InChI=1S/C23H20N4OS/c1-3-13-26-22(28)20(24-23(26)29)14-18-15-27(19-7-5-4-6-8-19)25-21(18)17-11-9-16(2)10-12-17/h3-12,14-15H,1,13H2,2H3,(H,24,29). The molecule has 1 amide bonds. The zero-order valence-corrected chi connectivity index (χ0v) is 16.8. The van der Waals surface area contributed by atoms with Crippen LogP contribution in [0.25, 0.3) is 23.0 Å². The van der Waals surface area contributed by atoms with Crippen molar-refractivity contribution >= 4 is 29.3 Å². The predicted octanol–water partition coefficient (Wildman–Crippen LogP) is 4.09. The van der Waals surface area contributed by atoms with Crippen LogP contribution in [-0.4, -0.2) is 32.2 Å². The molecule has 1 aromatic heterocycles. The lowest BCUT2D eigenvalue weighted by molar-refractivity contribution is -0.122. The number of hydrogen-bond acceptors (Lipinski definition) is 3. The van der Waals surface area contributed by atoms with Crippen molar-refractivity contribution in [2.75, 3.05) is 6.54 Å². The normalized spacial score (nSPS) is 15.1. The Morgan fingerprint density at radius 1 is 1.14 bits per heavy atom. The lowest BCUT2D eigenvalue weighted by Crippen LogP contribution is -2.30. The third-order valence-corrected chi connectivity index (χ3v) is 4.98. The van der Waals surface area contributed by atoms with Crippen LogP contribution in [0.3, 0.4) is 0 Å². The lowest BCUT2D eigenvalue weighted by Gasteiger charge is -2.09. The molecular formula is C23H20N4OS. The van der Waals surface area contributed by atoms with E-state index in [4.69, 9.17) is 17.3 Å². The van der Waals surface area contributed by atoms with Crippen molar-refractivity contribution in [3.63, 3.8) is 0 Å². The van der Waals surface area contributed by atoms with Gasteiger partial charge in [-0.1, -0.05) is 54.1 Å². The van der Waals surface area contributed by atoms with Crippen LogP contribution in [0.1, 0.15) is 11.1 Å². The van der Waals surface area contributed by atoms with Gasteiger partial charge in [0, 0.05) is 23.9 Å². The number of para-hydroxylation sites is 1. The smallest absolute Gasteiger partial charge is 0.276 e. The topological polar surface area (TPSA) is 50.2 Å². The molecule has 0 bridgehead atoms. The van der Waals surface area contributed by atoms with Gasteiger partial charge in [-0.05, 0) is 37.4 Å². The number of rotatable bonds is 5. The molecule has 3 aromatic rings. The number of thiocarbonyl (C=S) groups is 1. The van der Waals surface area contributed by atoms with Crippen molar-refractivity contribution in [2.45, 2.75) is 6.92 Å². The van der Waals surface area contributed by atoms with E-state index in [1.165, 1.54) is 10.5 Å². The van der Waals surface area contributed by atoms with Crippen molar-refractivity contribution in [1.29, 1.82) is 0 Å². The third kappa shape index (κ3) is 3.75. The summed E-state index contributed by atoms with van der Waals surface area (Å²) in [7, 11) is 0. The molecule has 2 heterocycles. The molecule has 1 fully saturated rings. The average Bonchev–Trinajstić information content (AvgIpc) is 3.26. The third-order valence-electron chi connectivity index (χ3n) is 4.66. The molecule has 144 valence electrons. The summed E-state index contributed by atoms with van der Waals surface area (Å²) in [4.78, 5) is 14.2. The summed E-state index contributed by atoms with van der Waals surface area (Å²) >= 11 is 5.28. The monoisotopic (exact) mass is 400 g/mol. The predicted molar refractivity (Wildman–Crippen MR) is 119 cm³/mol. The summed E-state index contributed by atoms with van der Waals surface area (Å²) in [6.07, 6.45) is 5.38. The first kappa shape index (κ1) is 18.8. The van der Waals surface area contributed by atoms with E-state index in [9.17, 15) is 4.79 Å². The summed E-state index contributed by atoms with van der Waals surface area (Å²) in [6.45, 7) is 6.10. The maximum atomic E-state index is 12.7. The van der Waals surface area contributed by atoms with Gasteiger partial charge in [0.1, 0.15) is 11.4 Å². The largest absolute Gasteiger partial charge is 0.328 e. The molecule has 1 aliphatic rings. The van der Waals surface area contributed by atoms with Crippen LogP contribution in [0.4, 0.5) is 0 Å². The molecule has 0 spiro atoms. The average molecular weight is 401 g/mol. The van der Waals surface area contributed by atoms with E-state index in [0.717, 1.165) is 22.5 Å². The number of carbonyl (C=O) groups excluding carboxylic acids is 1. The Bertz CT molecular complexity index is 1110.